The molecule has 3 aromatic rings. The summed E-state index contributed by atoms with van der Waals surface area (Å²) in [5.41, 5.74) is 3.20. The van der Waals surface area contributed by atoms with Crippen LogP contribution in [0, 0.1) is 5.82 Å². The summed E-state index contributed by atoms with van der Waals surface area (Å²) >= 11 is 0. The number of nitrogens with zero attached hydrogens (tertiary/aromatic N) is 1. The minimum atomic E-state index is -0.314. The molecule has 0 aromatic heterocycles. The number of carbonyl (C=O) groups excluding carboxylic acids is 1. The molecular formula is C21H16FNO4. The van der Waals surface area contributed by atoms with Gasteiger partial charge in [0, 0.05) is 18.7 Å². The minimum absolute atomic E-state index is 0.0961. The number of aliphatic hydroxyl groups is 1. The number of aliphatic hydroxyl groups excluding tert-OH is 1. The Bertz CT molecular complexity index is 1080. The van der Waals surface area contributed by atoms with E-state index in [2.05, 4.69) is 0 Å². The van der Waals surface area contributed by atoms with Crippen LogP contribution in [0.25, 0.3) is 21.9 Å². The van der Waals surface area contributed by atoms with Crippen molar-refractivity contribution in [1.82, 2.24) is 4.90 Å². The second-order valence-corrected chi connectivity index (χ2v) is 6.66. The zero-order valence-corrected chi connectivity index (χ0v) is 14.4. The largest absolute Gasteiger partial charge is 0.454 e. The van der Waals surface area contributed by atoms with Crippen molar-refractivity contribution in [2.24, 2.45) is 0 Å². The molecule has 6 heteroatoms. The molecule has 0 atom stereocenters. The summed E-state index contributed by atoms with van der Waals surface area (Å²) in [6.07, 6.45) is 0. The molecule has 2 aliphatic heterocycles. The van der Waals surface area contributed by atoms with Gasteiger partial charge < -0.3 is 19.5 Å². The average Bonchev–Trinajstić information content (AvgIpc) is 3.24. The summed E-state index contributed by atoms with van der Waals surface area (Å²) in [7, 11) is 0. The Morgan fingerprint density at radius 2 is 1.81 bits per heavy atom. The maximum Gasteiger partial charge on any atom is 0.254 e. The Hall–Kier alpha value is -3.12. The molecule has 27 heavy (non-hydrogen) atoms. The zero-order valence-electron chi connectivity index (χ0n) is 14.4. The van der Waals surface area contributed by atoms with Crippen LogP contribution in [-0.4, -0.2) is 35.9 Å². The summed E-state index contributed by atoms with van der Waals surface area (Å²) in [5.74, 6) is 0.876. The number of benzene rings is 3. The molecule has 0 saturated carbocycles. The van der Waals surface area contributed by atoms with Crippen LogP contribution in [-0.2, 0) is 6.54 Å². The van der Waals surface area contributed by atoms with Crippen LogP contribution in [0.2, 0.25) is 0 Å². The number of hydrogen-bond acceptors (Lipinski definition) is 4. The molecule has 2 heterocycles. The fraction of sp³-hybridized carbons (Fsp3) is 0.190. The lowest BCUT2D eigenvalue weighted by atomic mass is 9.90. The fourth-order valence-electron chi connectivity index (χ4n) is 3.87. The molecule has 0 radical (unpaired) electrons. The van der Waals surface area contributed by atoms with Gasteiger partial charge in [-0.15, -0.1) is 0 Å². The maximum atomic E-state index is 13.5. The van der Waals surface area contributed by atoms with Crippen molar-refractivity contribution in [1.29, 1.82) is 0 Å². The number of ether oxygens (including phenoxy) is 2. The molecule has 2 aliphatic rings. The lowest BCUT2D eigenvalue weighted by Crippen LogP contribution is -2.26. The van der Waals surface area contributed by atoms with Gasteiger partial charge in [0.1, 0.15) is 5.82 Å². The Morgan fingerprint density at radius 1 is 1.07 bits per heavy atom. The van der Waals surface area contributed by atoms with Crippen molar-refractivity contribution in [3.8, 4) is 22.6 Å². The van der Waals surface area contributed by atoms with Gasteiger partial charge in [0.25, 0.3) is 5.91 Å². The van der Waals surface area contributed by atoms with Crippen LogP contribution in [0.15, 0.2) is 42.5 Å². The van der Waals surface area contributed by atoms with Crippen LogP contribution in [0.5, 0.6) is 11.5 Å². The Kier molecular flexibility index (Phi) is 3.55. The third-order valence-corrected chi connectivity index (χ3v) is 5.11. The number of hydrogen-bond donors (Lipinski definition) is 1. The number of fused-ring (bicyclic) bond motifs is 3. The first kappa shape index (κ1) is 16.1. The third-order valence-electron chi connectivity index (χ3n) is 5.11. The van der Waals surface area contributed by atoms with Crippen molar-refractivity contribution < 1.29 is 23.8 Å². The van der Waals surface area contributed by atoms with E-state index in [0.717, 1.165) is 27.5 Å². The average molecular weight is 365 g/mol. The normalized spacial score (nSPS) is 14.9. The summed E-state index contributed by atoms with van der Waals surface area (Å²) < 4.78 is 24.5. The summed E-state index contributed by atoms with van der Waals surface area (Å²) in [6.45, 7) is 0.753. The topological polar surface area (TPSA) is 59.0 Å². The summed E-state index contributed by atoms with van der Waals surface area (Å²) in [5, 5.41) is 11.1. The highest BCUT2D eigenvalue weighted by Gasteiger charge is 2.31. The van der Waals surface area contributed by atoms with E-state index in [1.54, 1.807) is 17.0 Å². The van der Waals surface area contributed by atoms with Crippen molar-refractivity contribution >= 4 is 16.7 Å². The molecule has 0 bridgehead atoms. The highest BCUT2D eigenvalue weighted by Crippen LogP contribution is 2.44. The first-order valence-corrected chi connectivity index (χ1v) is 8.71. The van der Waals surface area contributed by atoms with E-state index in [-0.39, 0.29) is 31.7 Å². The Morgan fingerprint density at radius 3 is 2.56 bits per heavy atom. The zero-order chi connectivity index (χ0) is 18.5. The summed E-state index contributed by atoms with van der Waals surface area (Å²) in [4.78, 5) is 14.4. The molecule has 0 fully saturated rings. The fourth-order valence-corrected chi connectivity index (χ4v) is 3.87. The van der Waals surface area contributed by atoms with Gasteiger partial charge in [-0.3, -0.25) is 4.79 Å². The van der Waals surface area contributed by atoms with Gasteiger partial charge in [-0.1, -0.05) is 12.1 Å². The minimum Gasteiger partial charge on any atom is -0.454 e. The van der Waals surface area contributed by atoms with Crippen LogP contribution < -0.4 is 9.47 Å². The highest BCUT2D eigenvalue weighted by molar-refractivity contribution is 6.09. The second kappa shape index (κ2) is 5.96. The first-order chi connectivity index (χ1) is 13.2. The molecule has 136 valence electrons. The van der Waals surface area contributed by atoms with E-state index in [0.29, 0.717) is 23.6 Å². The third kappa shape index (κ3) is 2.44. The molecule has 3 aromatic carbocycles. The monoisotopic (exact) mass is 365 g/mol. The van der Waals surface area contributed by atoms with E-state index in [9.17, 15) is 14.3 Å². The van der Waals surface area contributed by atoms with E-state index < -0.39 is 0 Å². The molecule has 1 amide bonds. The number of amides is 1. The van der Waals surface area contributed by atoms with Gasteiger partial charge in [-0.25, -0.2) is 4.39 Å². The lowest BCUT2D eigenvalue weighted by molar-refractivity contribution is 0.0746. The predicted molar refractivity (Wildman–Crippen MR) is 97.3 cm³/mol. The van der Waals surface area contributed by atoms with Gasteiger partial charge in [0.15, 0.2) is 11.5 Å². The molecular weight excluding hydrogens is 349 g/mol. The Balaban J connectivity index is 1.81. The molecule has 0 aliphatic carbocycles. The second-order valence-electron chi connectivity index (χ2n) is 6.66. The van der Waals surface area contributed by atoms with Gasteiger partial charge in [-0.05, 0) is 57.8 Å². The van der Waals surface area contributed by atoms with Crippen LogP contribution in [0.3, 0.4) is 0 Å². The maximum absolute atomic E-state index is 13.5. The van der Waals surface area contributed by atoms with Crippen molar-refractivity contribution in [2.45, 2.75) is 6.54 Å². The van der Waals surface area contributed by atoms with Crippen LogP contribution in [0.4, 0.5) is 4.39 Å². The van der Waals surface area contributed by atoms with Gasteiger partial charge >= 0.3 is 0 Å². The smallest absolute Gasteiger partial charge is 0.254 e. The Labute approximate surface area is 154 Å². The van der Waals surface area contributed by atoms with Crippen LogP contribution in [0.1, 0.15) is 15.9 Å². The van der Waals surface area contributed by atoms with E-state index >= 15 is 0 Å². The predicted octanol–water partition coefficient (Wildman–Crippen LogP) is 3.32. The number of halogens is 1. The van der Waals surface area contributed by atoms with Gasteiger partial charge in [0.2, 0.25) is 6.79 Å². The number of β-amino-alcohol motifs (C(OH)–C–C–N with tert-alkyl or cyclic N) is 1. The van der Waals surface area contributed by atoms with Gasteiger partial charge in [-0.2, -0.15) is 0 Å². The van der Waals surface area contributed by atoms with E-state index in [4.69, 9.17) is 9.47 Å². The standard InChI is InChI=1S/C21H16FNO4/c22-14-3-1-12(2-4-14)20-15-9-19-18(26-11-27-19)8-13(15)7-16-17(20)10-23(5-6-24)21(16)25/h1-4,7-9,24H,5-6,10-11H2. The SMILES string of the molecule is O=C1c2cc3cc4c(cc3c(-c3ccc(F)cc3)c2CN1CCO)OCO4. The molecule has 5 rings (SSSR count). The number of carbonyl (C=O) groups is 1. The van der Waals surface area contributed by atoms with Crippen molar-refractivity contribution in [2.75, 3.05) is 19.9 Å². The van der Waals surface area contributed by atoms with Crippen molar-refractivity contribution in [3.63, 3.8) is 0 Å². The molecule has 0 saturated heterocycles. The first-order valence-electron chi connectivity index (χ1n) is 8.71. The molecule has 0 spiro atoms. The highest BCUT2D eigenvalue weighted by atomic mass is 19.1. The van der Waals surface area contributed by atoms with E-state index in [1.165, 1.54) is 12.1 Å². The lowest BCUT2D eigenvalue weighted by Gasteiger charge is -2.14. The molecule has 0 unspecified atom stereocenters. The quantitative estimate of drug-likeness (QED) is 0.774. The summed E-state index contributed by atoms with van der Waals surface area (Å²) in [6, 6.07) is 11.9. The van der Waals surface area contributed by atoms with Crippen LogP contribution >= 0.6 is 0 Å². The van der Waals surface area contributed by atoms with Gasteiger partial charge in [0.05, 0.1) is 6.61 Å². The molecule has 5 nitrogen and oxygen atoms in total. The molecule has 1 N–H and O–H groups in total. The number of rotatable bonds is 3. The van der Waals surface area contributed by atoms with Crippen molar-refractivity contribution in [3.05, 3.63) is 59.4 Å². The van der Waals surface area contributed by atoms with E-state index in [1.807, 2.05) is 18.2 Å².